The average Bonchev–Trinajstić information content (AvgIpc) is 2.52. The maximum atomic E-state index is 12.1. The molecule has 0 unspecified atom stereocenters. The molecule has 134 valence electrons. The van der Waals surface area contributed by atoms with Gasteiger partial charge in [-0.2, -0.15) is 0 Å². The van der Waals surface area contributed by atoms with Crippen molar-refractivity contribution >= 4 is 23.5 Å². The molecular weight excluding hydrogens is 340 g/mol. The smallest absolute Gasteiger partial charge is 0.407 e. The highest BCUT2D eigenvalue weighted by Gasteiger charge is 2.20. The predicted octanol–water partition coefficient (Wildman–Crippen LogP) is 3.68. The van der Waals surface area contributed by atoms with E-state index >= 15 is 0 Å². The third kappa shape index (κ3) is 7.39. The molecule has 0 saturated heterocycles. The Kier molecular flexibility index (Phi) is 6.58. The second kappa shape index (κ2) is 8.67. The molecule has 7 heteroatoms. The number of benzene rings is 1. The number of ether oxygens (including phenoxy) is 1. The minimum absolute atomic E-state index is 0.182. The number of hydrogen-bond acceptors (Lipinski definition) is 5. The normalized spacial score (nSPS) is 12.3. The maximum Gasteiger partial charge on any atom is 0.407 e. The van der Waals surface area contributed by atoms with Crippen molar-refractivity contribution in [2.45, 2.75) is 38.8 Å². The molecule has 0 saturated carbocycles. The Hall–Kier alpha value is -2.34. The Balaban J connectivity index is 2.01. The second-order valence-electron chi connectivity index (χ2n) is 6.64. The van der Waals surface area contributed by atoms with Gasteiger partial charge in [0.2, 0.25) is 0 Å². The molecule has 1 heterocycles. The van der Waals surface area contributed by atoms with Gasteiger partial charge in [0, 0.05) is 6.54 Å². The van der Waals surface area contributed by atoms with E-state index in [1.807, 2.05) is 51.1 Å². The Morgan fingerprint density at radius 2 is 1.96 bits per heavy atom. The molecule has 0 fully saturated rings. The summed E-state index contributed by atoms with van der Waals surface area (Å²) in [6, 6.07) is 9.75. The van der Waals surface area contributed by atoms with E-state index in [1.54, 1.807) is 6.20 Å². The summed E-state index contributed by atoms with van der Waals surface area (Å²) in [5, 5.41) is 6.36. The van der Waals surface area contributed by atoms with Gasteiger partial charge >= 0.3 is 6.09 Å². The van der Waals surface area contributed by atoms with Crippen LogP contribution in [0.2, 0.25) is 5.15 Å². The number of halogens is 1. The van der Waals surface area contributed by atoms with Gasteiger partial charge in [-0.15, -0.1) is 0 Å². The molecule has 0 radical (unpaired) electrons. The van der Waals surface area contributed by atoms with Crippen molar-refractivity contribution < 1.29 is 9.53 Å². The van der Waals surface area contributed by atoms with Gasteiger partial charge in [-0.05, 0) is 32.8 Å². The van der Waals surface area contributed by atoms with E-state index in [-0.39, 0.29) is 6.04 Å². The van der Waals surface area contributed by atoms with Crippen LogP contribution in [0.15, 0.2) is 42.7 Å². The Bertz CT molecular complexity index is 689. The lowest BCUT2D eigenvalue weighted by Crippen LogP contribution is -2.43. The Labute approximate surface area is 153 Å². The van der Waals surface area contributed by atoms with Gasteiger partial charge in [-0.1, -0.05) is 41.9 Å². The summed E-state index contributed by atoms with van der Waals surface area (Å²) in [7, 11) is 0. The van der Waals surface area contributed by atoms with E-state index in [9.17, 15) is 4.79 Å². The molecule has 1 atom stereocenters. The maximum absolute atomic E-state index is 12.1. The van der Waals surface area contributed by atoms with E-state index in [4.69, 9.17) is 16.3 Å². The van der Waals surface area contributed by atoms with Crippen LogP contribution in [0.4, 0.5) is 10.6 Å². The van der Waals surface area contributed by atoms with E-state index in [2.05, 4.69) is 20.6 Å². The fraction of sp³-hybridized carbons (Fsp3) is 0.389. The van der Waals surface area contributed by atoms with Crippen LogP contribution in [0.3, 0.4) is 0 Å². The molecule has 0 bridgehead atoms. The lowest BCUT2D eigenvalue weighted by Gasteiger charge is -2.24. The van der Waals surface area contributed by atoms with Gasteiger partial charge < -0.3 is 15.4 Å². The number of alkyl carbamates (subject to hydrolysis) is 1. The van der Waals surface area contributed by atoms with Crippen LogP contribution in [-0.2, 0) is 11.2 Å². The van der Waals surface area contributed by atoms with Crippen molar-refractivity contribution in [2.75, 3.05) is 11.9 Å². The average molecular weight is 363 g/mol. The first-order valence-corrected chi connectivity index (χ1v) is 8.44. The number of carbonyl (C=O) groups excluding carboxylic acids is 1. The summed E-state index contributed by atoms with van der Waals surface area (Å²) in [6.45, 7) is 5.96. The Morgan fingerprint density at radius 1 is 1.24 bits per heavy atom. The summed E-state index contributed by atoms with van der Waals surface area (Å²) in [5.41, 5.74) is 0.565. The van der Waals surface area contributed by atoms with Crippen molar-refractivity contribution in [1.82, 2.24) is 15.3 Å². The highest BCUT2D eigenvalue weighted by molar-refractivity contribution is 6.29. The monoisotopic (exact) mass is 362 g/mol. The van der Waals surface area contributed by atoms with Gasteiger partial charge in [0.1, 0.15) is 16.6 Å². The fourth-order valence-corrected chi connectivity index (χ4v) is 2.35. The van der Waals surface area contributed by atoms with Crippen LogP contribution in [0.25, 0.3) is 0 Å². The van der Waals surface area contributed by atoms with Crippen LogP contribution in [0.5, 0.6) is 0 Å². The van der Waals surface area contributed by atoms with E-state index in [0.717, 1.165) is 5.56 Å². The zero-order valence-corrected chi connectivity index (χ0v) is 15.4. The summed E-state index contributed by atoms with van der Waals surface area (Å²) >= 11 is 5.84. The first-order chi connectivity index (χ1) is 11.8. The molecule has 6 nitrogen and oxygen atoms in total. The number of rotatable bonds is 6. The van der Waals surface area contributed by atoms with E-state index in [0.29, 0.717) is 23.9 Å². The molecule has 1 aromatic carbocycles. The molecule has 25 heavy (non-hydrogen) atoms. The highest BCUT2D eigenvalue weighted by atomic mass is 35.5. The molecule has 0 spiro atoms. The number of hydrogen-bond donors (Lipinski definition) is 2. The lowest BCUT2D eigenvalue weighted by atomic mass is 10.1. The van der Waals surface area contributed by atoms with Crippen LogP contribution in [0, 0.1) is 0 Å². The summed E-state index contributed by atoms with van der Waals surface area (Å²) in [6.07, 6.45) is 3.25. The van der Waals surface area contributed by atoms with Crippen LogP contribution < -0.4 is 10.6 Å². The summed E-state index contributed by atoms with van der Waals surface area (Å²) in [4.78, 5) is 20.2. The largest absolute Gasteiger partial charge is 0.444 e. The van der Waals surface area contributed by atoms with Gasteiger partial charge in [0.25, 0.3) is 0 Å². The molecule has 1 aromatic heterocycles. The van der Waals surface area contributed by atoms with Crippen molar-refractivity contribution in [2.24, 2.45) is 0 Å². The number of aromatic nitrogens is 2. The van der Waals surface area contributed by atoms with Crippen molar-refractivity contribution in [1.29, 1.82) is 0 Å². The zero-order chi connectivity index (χ0) is 18.3. The number of anilines is 1. The lowest BCUT2D eigenvalue weighted by molar-refractivity contribution is 0.0507. The summed E-state index contributed by atoms with van der Waals surface area (Å²) in [5.74, 6) is 0.552. The fourth-order valence-electron chi connectivity index (χ4n) is 2.20. The number of nitrogens with zero attached hydrogens (tertiary/aromatic N) is 2. The number of nitrogens with one attached hydrogen (secondary N) is 2. The minimum atomic E-state index is -0.548. The van der Waals surface area contributed by atoms with Crippen LogP contribution in [0.1, 0.15) is 26.3 Å². The first kappa shape index (κ1) is 19.0. The molecule has 1 amide bonds. The molecule has 2 N–H and O–H groups in total. The molecule has 2 rings (SSSR count). The second-order valence-corrected chi connectivity index (χ2v) is 7.03. The standard InChI is InChI=1S/C18H23ClN4O2/c1-18(2,3)25-17(24)22-14(9-13-7-5-4-6-8-13)10-21-16-12-20-11-15(19)23-16/h4-8,11-12,14H,9-10H2,1-3H3,(H,21,23)(H,22,24)/t14-/m0/s1. The van der Waals surface area contributed by atoms with Crippen molar-refractivity contribution in [3.05, 3.63) is 53.4 Å². The van der Waals surface area contributed by atoms with Gasteiger partial charge in [0.05, 0.1) is 18.4 Å². The molecule has 0 aliphatic rings. The summed E-state index contributed by atoms with van der Waals surface area (Å²) < 4.78 is 5.35. The number of carbonyl (C=O) groups is 1. The van der Waals surface area contributed by atoms with Crippen molar-refractivity contribution in [3.8, 4) is 0 Å². The SMILES string of the molecule is CC(C)(C)OC(=O)N[C@H](CNc1cncc(Cl)n1)Cc1ccccc1. The van der Waals surface area contributed by atoms with Crippen LogP contribution in [-0.4, -0.2) is 34.2 Å². The topological polar surface area (TPSA) is 76.1 Å². The third-order valence-corrected chi connectivity index (χ3v) is 3.36. The molecular formula is C18H23ClN4O2. The molecule has 0 aliphatic heterocycles. The van der Waals surface area contributed by atoms with E-state index in [1.165, 1.54) is 6.20 Å². The molecule has 2 aromatic rings. The van der Waals surface area contributed by atoms with E-state index < -0.39 is 11.7 Å². The first-order valence-electron chi connectivity index (χ1n) is 8.07. The zero-order valence-electron chi connectivity index (χ0n) is 14.6. The number of amides is 1. The third-order valence-electron chi connectivity index (χ3n) is 3.18. The minimum Gasteiger partial charge on any atom is -0.444 e. The van der Waals surface area contributed by atoms with Crippen LogP contribution >= 0.6 is 11.6 Å². The highest BCUT2D eigenvalue weighted by Crippen LogP contribution is 2.10. The van der Waals surface area contributed by atoms with Gasteiger partial charge in [0.15, 0.2) is 0 Å². The quantitative estimate of drug-likeness (QED) is 0.819. The van der Waals surface area contributed by atoms with Crippen molar-refractivity contribution in [3.63, 3.8) is 0 Å². The Morgan fingerprint density at radius 3 is 2.60 bits per heavy atom. The molecule has 0 aliphatic carbocycles. The van der Waals surface area contributed by atoms with Gasteiger partial charge in [-0.3, -0.25) is 4.98 Å². The predicted molar refractivity (Wildman–Crippen MR) is 98.8 cm³/mol. The van der Waals surface area contributed by atoms with Gasteiger partial charge in [-0.25, -0.2) is 9.78 Å².